The van der Waals surface area contributed by atoms with E-state index < -0.39 is 22.4 Å². The molecule has 35 heavy (non-hydrogen) atoms. The maximum Gasteiger partial charge on any atom is 0.334 e. The third kappa shape index (κ3) is 2.01. The van der Waals surface area contributed by atoms with Gasteiger partial charge in [0.15, 0.2) is 5.60 Å². The standard InChI is InChI=1S/C28H33NO6/c1-14(2)26-21(34-26)22-28(35-22)24(4)10-9-17-18(12-32-23(17)30)19(24)11-20-27(28,33-20)25(26,31)13-29-16-7-5-15(3)6-8-16/h5-8,14,19-22,29,31H,9-13H2,1-4H3/t19-,20-,21-,22-,24-,25-,26-,27+,28+/m0/s1. The largest absolute Gasteiger partial charge is 0.458 e. The summed E-state index contributed by atoms with van der Waals surface area (Å²) in [6.45, 7) is 9.33. The van der Waals surface area contributed by atoms with Gasteiger partial charge in [-0.2, -0.15) is 0 Å². The minimum Gasteiger partial charge on any atom is -0.458 e. The van der Waals surface area contributed by atoms with Crippen LogP contribution in [0.3, 0.4) is 0 Å². The van der Waals surface area contributed by atoms with Crippen LogP contribution < -0.4 is 5.32 Å². The molecular formula is C28H33NO6. The number of aryl methyl sites for hydroxylation is 1. The van der Waals surface area contributed by atoms with Crippen LogP contribution in [0, 0.1) is 24.2 Å². The summed E-state index contributed by atoms with van der Waals surface area (Å²) in [5.74, 6) is 0.0990. The second-order valence-electron chi connectivity index (χ2n) is 12.5. The third-order valence-electron chi connectivity index (χ3n) is 11.0. The van der Waals surface area contributed by atoms with Crippen molar-refractivity contribution in [2.75, 3.05) is 18.5 Å². The molecule has 8 rings (SSSR count). The number of esters is 1. The van der Waals surface area contributed by atoms with E-state index in [2.05, 4.69) is 45.1 Å². The van der Waals surface area contributed by atoms with Gasteiger partial charge >= 0.3 is 5.97 Å². The van der Waals surface area contributed by atoms with Crippen LogP contribution in [-0.2, 0) is 23.7 Å². The molecule has 0 aromatic heterocycles. The van der Waals surface area contributed by atoms with E-state index in [1.165, 1.54) is 5.56 Å². The summed E-state index contributed by atoms with van der Waals surface area (Å²) >= 11 is 0. The Balaban J connectivity index is 1.24. The number of anilines is 1. The number of aliphatic hydroxyl groups is 1. The Kier molecular flexibility index (Phi) is 3.61. The van der Waals surface area contributed by atoms with Crippen molar-refractivity contribution >= 4 is 11.7 Å². The molecule has 4 aliphatic heterocycles. The zero-order chi connectivity index (χ0) is 24.2. The first kappa shape index (κ1) is 21.2. The van der Waals surface area contributed by atoms with Crippen molar-refractivity contribution in [3.63, 3.8) is 0 Å². The molecule has 1 aromatic carbocycles. The first-order valence-corrected chi connectivity index (χ1v) is 13.1. The Hall–Kier alpha value is -1.93. The molecule has 0 bridgehead atoms. The number of benzene rings is 1. The van der Waals surface area contributed by atoms with Crippen molar-refractivity contribution in [1.29, 1.82) is 0 Å². The van der Waals surface area contributed by atoms with Gasteiger partial charge in [0.25, 0.3) is 0 Å². The second-order valence-corrected chi connectivity index (χ2v) is 12.5. The van der Waals surface area contributed by atoms with Crippen LogP contribution in [0.15, 0.2) is 35.4 Å². The van der Waals surface area contributed by atoms with Crippen molar-refractivity contribution in [2.45, 2.75) is 87.7 Å². The van der Waals surface area contributed by atoms with Gasteiger partial charge in [0.2, 0.25) is 0 Å². The summed E-state index contributed by atoms with van der Waals surface area (Å²) < 4.78 is 25.5. The van der Waals surface area contributed by atoms with Gasteiger partial charge in [0.05, 0.1) is 6.10 Å². The number of hydrogen-bond acceptors (Lipinski definition) is 7. The minimum absolute atomic E-state index is 0.0949. The maximum absolute atomic E-state index is 12.9. The molecule has 0 radical (unpaired) electrons. The molecule has 7 heteroatoms. The third-order valence-corrected chi connectivity index (χ3v) is 11.0. The minimum atomic E-state index is -1.26. The van der Waals surface area contributed by atoms with Crippen LogP contribution >= 0.6 is 0 Å². The van der Waals surface area contributed by atoms with Gasteiger partial charge in [-0.25, -0.2) is 4.79 Å². The number of fused-ring (bicyclic) bond motifs is 4. The Bertz CT molecular complexity index is 1210. The Labute approximate surface area is 205 Å². The summed E-state index contributed by atoms with van der Waals surface area (Å²) in [6, 6.07) is 8.24. The molecule has 4 heterocycles. The summed E-state index contributed by atoms with van der Waals surface area (Å²) in [4.78, 5) is 12.4. The van der Waals surface area contributed by atoms with Crippen LogP contribution in [0.5, 0.6) is 0 Å². The Morgan fingerprint density at radius 1 is 1.11 bits per heavy atom. The summed E-state index contributed by atoms with van der Waals surface area (Å²) in [7, 11) is 0. The molecule has 2 spiro atoms. The zero-order valence-corrected chi connectivity index (χ0v) is 20.7. The monoisotopic (exact) mass is 479 g/mol. The lowest BCUT2D eigenvalue weighted by Gasteiger charge is -2.56. The van der Waals surface area contributed by atoms with Gasteiger partial charge < -0.3 is 29.4 Å². The highest BCUT2D eigenvalue weighted by molar-refractivity contribution is 5.92. The molecule has 0 amide bonds. The van der Waals surface area contributed by atoms with E-state index in [1.54, 1.807) is 0 Å². The second kappa shape index (κ2) is 5.96. The van der Waals surface area contributed by atoms with Crippen molar-refractivity contribution in [1.82, 2.24) is 0 Å². The fourth-order valence-electron chi connectivity index (χ4n) is 9.25. The summed E-state index contributed by atoms with van der Waals surface area (Å²) in [5.41, 5.74) is 0.481. The van der Waals surface area contributed by atoms with E-state index in [0.717, 1.165) is 29.7 Å². The van der Waals surface area contributed by atoms with Crippen molar-refractivity contribution in [3.8, 4) is 0 Å². The average molecular weight is 480 g/mol. The van der Waals surface area contributed by atoms with Crippen molar-refractivity contribution in [3.05, 3.63) is 41.0 Å². The summed E-state index contributed by atoms with van der Waals surface area (Å²) in [5, 5.41) is 16.4. The zero-order valence-electron chi connectivity index (χ0n) is 20.7. The number of nitrogens with one attached hydrogen (secondary N) is 1. The summed E-state index contributed by atoms with van der Waals surface area (Å²) in [6.07, 6.45) is 1.90. The van der Waals surface area contributed by atoms with Gasteiger partial charge in [0, 0.05) is 23.2 Å². The SMILES string of the molecule is Cc1ccc(NC[C@@]2(O)[C@]34O[C@H]3C[C@H]3C5=C(CC[C@]3(C)[C@@]43O[C@H]3[C@@H]3O[C@@]32C(C)C)C(=O)OC5)cc1. The molecule has 3 aliphatic carbocycles. The number of rotatable bonds is 4. The Morgan fingerprint density at radius 2 is 1.89 bits per heavy atom. The predicted molar refractivity (Wildman–Crippen MR) is 126 cm³/mol. The van der Waals surface area contributed by atoms with E-state index in [-0.39, 0.29) is 41.5 Å². The molecule has 186 valence electrons. The number of carbonyl (C=O) groups is 1. The van der Waals surface area contributed by atoms with Gasteiger partial charge in [-0.15, -0.1) is 0 Å². The molecule has 5 fully saturated rings. The van der Waals surface area contributed by atoms with Crippen molar-refractivity contribution in [2.24, 2.45) is 17.3 Å². The van der Waals surface area contributed by atoms with E-state index in [0.29, 0.717) is 19.6 Å². The van der Waals surface area contributed by atoms with Gasteiger partial charge in [-0.1, -0.05) is 38.5 Å². The maximum atomic E-state index is 12.9. The van der Waals surface area contributed by atoms with E-state index >= 15 is 0 Å². The number of ether oxygens (including phenoxy) is 4. The molecule has 7 nitrogen and oxygen atoms in total. The highest BCUT2D eigenvalue weighted by atomic mass is 16.7. The lowest BCUT2D eigenvalue weighted by molar-refractivity contribution is -0.159. The van der Waals surface area contributed by atoms with Crippen LogP contribution in [0.25, 0.3) is 0 Å². The molecule has 1 aromatic rings. The highest BCUT2D eigenvalue weighted by Gasteiger charge is 3.04. The molecular weight excluding hydrogens is 446 g/mol. The first-order valence-electron chi connectivity index (χ1n) is 13.1. The van der Waals surface area contributed by atoms with Gasteiger partial charge in [-0.05, 0) is 55.7 Å². The smallest absolute Gasteiger partial charge is 0.334 e. The normalized spacial score (nSPS) is 51.9. The van der Waals surface area contributed by atoms with Crippen LogP contribution in [0.1, 0.15) is 45.6 Å². The Morgan fingerprint density at radius 3 is 2.63 bits per heavy atom. The molecule has 0 unspecified atom stereocenters. The van der Waals surface area contributed by atoms with Gasteiger partial charge in [-0.3, -0.25) is 0 Å². The lowest BCUT2D eigenvalue weighted by atomic mass is 9.44. The predicted octanol–water partition coefficient (Wildman–Crippen LogP) is 2.89. The number of cyclic esters (lactones) is 1. The topological polar surface area (TPSA) is 96.1 Å². The van der Waals surface area contributed by atoms with E-state index in [4.69, 9.17) is 18.9 Å². The highest BCUT2D eigenvalue weighted by Crippen LogP contribution is 2.85. The number of epoxide rings is 3. The van der Waals surface area contributed by atoms with Crippen LogP contribution in [0.4, 0.5) is 5.69 Å². The fourth-order valence-corrected chi connectivity index (χ4v) is 9.25. The van der Waals surface area contributed by atoms with E-state index in [1.807, 2.05) is 12.1 Å². The number of carbonyl (C=O) groups excluding carboxylic acids is 1. The first-order chi connectivity index (χ1) is 16.7. The molecule has 2 saturated carbocycles. The molecule has 7 aliphatic rings. The molecule has 9 atom stereocenters. The van der Waals surface area contributed by atoms with Crippen LogP contribution in [0.2, 0.25) is 0 Å². The molecule has 2 N–H and O–H groups in total. The quantitative estimate of drug-likeness (QED) is 0.506. The van der Waals surface area contributed by atoms with Crippen LogP contribution in [-0.4, -0.2) is 64.9 Å². The fraction of sp³-hybridized carbons (Fsp3) is 0.679. The molecule has 3 saturated heterocycles. The van der Waals surface area contributed by atoms with E-state index in [9.17, 15) is 9.90 Å². The van der Waals surface area contributed by atoms with Gasteiger partial charge in [0.1, 0.15) is 35.6 Å². The van der Waals surface area contributed by atoms with Crippen molar-refractivity contribution < 1.29 is 28.8 Å². The number of hydrogen-bond donors (Lipinski definition) is 2. The average Bonchev–Trinajstić information content (AvgIpc) is 3.72. The lowest BCUT2D eigenvalue weighted by Crippen LogP contribution is -2.77.